The van der Waals surface area contributed by atoms with E-state index in [1.807, 2.05) is 36.5 Å². The Morgan fingerprint density at radius 3 is 2.83 bits per heavy atom. The van der Waals surface area contributed by atoms with Crippen molar-refractivity contribution in [2.75, 3.05) is 5.32 Å². The summed E-state index contributed by atoms with van der Waals surface area (Å²) in [6.07, 6.45) is 3.60. The van der Waals surface area contributed by atoms with Crippen molar-refractivity contribution in [1.82, 2.24) is 4.98 Å². The van der Waals surface area contributed by atoms with Gasteiger partial charge in [0.15, 0.2) is 0 Å². The van der Waals surface area contributed by atoms with E-state index in [1.54, 1.807) is 6.20 Å². The number of anilines is 1. The first kappa shape index (κ1) is 13.0. The molecule has 0 radical (unpaired) electrons. The van der Waals surface area contributed by atoms with Gasteiger partial charge >= 0.3 is 0 Å². The van der Waals surface area contributed by atoms with E-state index in [9.17, 15) is 0 Å². The molecule has 0 fully saturated rings. The molecule has 0 aliphatic rings. The third-order valence-electron chi connectivity index (χ3n) is 2.46. The Balaban J connectivity index is 2.08. The van der Waals surface area contributed by atoms with Crippen molar-refractivity contribution in [3.8, 4) is 0 Å². The number of nitrogens with two attached hydrogens (primary N) is 1. The first-order valence-corrected chi connectivity index (χ1v) is 6.59. The van der Waals surface area contributed by atoms with E-state index in [4.69, 9.17) is 18.0 Å². The number of nitrogens with zero attached hydrogens (tertiary/aromatic N) is 1. The number of halogens is 1. The van der Waals surface area contributed by atoms with Gasteiger partial charge in [-0.15, -0.1) is 0 Å². The Hall–Kier alpha value is -1.46. The Labute approximate surface area is 120 Å². The number of benzene rings is 1. The van der Waals surface area contributed by atoms with Crippen molar-refractivity contribution in [3.63, 3.8) is 0 Å². The van der Waals surface area contributed by atoms with Crippen molar-refractivity contribution in [2.24, 2.45) is 5.73 Å². The smallest absolute Gasteiger partial charge is 0.104 e. The molecule has 18 heavy (non-hydrogen) atoms. The highest BCUT2D eigenvalue weighted by molar-refractivity contribution is 9.10. The number of hydrogen-bond acceptors (Lipinski definition) is 3. The molecule has 0 saturated heterocycles. The molecule has 0 unspecified atom stereocenters. The molecule has 0 atom stereocenters. The third-order valence-corrected chi connectivity index (χ3v) is 3.35. The van der Waals surface area contributed by atoms with E-state index in [1.165, 1.54) is 0 Å². The molecule has 0 aliphatic heterocycles. The maximum absolute atomic E-state index is 5.58. The molecule has 1 aromatic carbocycles. The zero-order chi connectivity index (χ0) is 13.0. The average Bonchev–Trinajstić information content (AvgIpc) is 2.38. The normalized spacial score (nSPS) is 10.1. The largest absolute Gasteiger partial charge is 0.389 e. The van der Waals surface area contributed by atoms with Crippen molar-refractivity contribution < 1.29 is 0 Å². The van der Waals surface area contributed by atoms with Gasteiger partial charge in [-0.25, -0.2) is 0 Å². The molecular formula is C13H12BrN3S. The van der Waals surface area contributed by atoms with Crippen LogP contribution in [0, 0.1) is 0 Å². The summed E-state index contributed by atoms with van der Waals surface area (Å²) in [5.41, 5.74) is 8.56. The van der Waals surface area contributed by atoms with Crippen LogP contribution in [0.3, 0.4) is 0 Å². The molecule has 92 valence electrons. The van der Waals surface area contributed by atoms with Crippen molar-refractivity contribution in [3.05, 3.63) is 58.3 Å². The number of thiocarbonyl (C=S) groups is 1. The van der Waals surface area contributed by atoms with E-state index in [2.05, 4.69) is 26.2 Å². The molecule has 1 aromatic heterocycles. The van der Waals surface area contributed by atoms with Gasteiger partial charge in [0, 0.05) is 34.7 Å². The predicted molar refractivity (Wildman–Crippen MR) is 81.6 cm³/mol. The lowest BCUT2D eigenvalue weighted by atomic mass is 10.2. The number of rotatable bonds is 4. The van der Waals surface area contributed by atoms with Gasteiger partial charge in [-0.2, -0.15) is 0 Å². The minimum absolute atomic E-state index is 0.398. The maximum atomic E-state index is 5.58. The highest BCUT2D eigenvalue weighted by Gasteiger charge is 2.03. The zero-order valence-corrected chi connectivity index (χ0v) is 12.0. The van der Waals surface area contributed by atoms with Crippen LogP contribution in [0.2, 0.25) is 0 Å². The number of hydrogen-bond donors (Lipinski definition) is 2. The van der Waals surface area contributed by atoms with Gasteiger partial charge in [-0.05, 0) is 45.8 Å². The molecule has 0 amide bonds. The number of nitrogens with one attached hydrogen (secondary N) is 1. The lowest BCUT2D eigenvalue weighted by Crippen LogP contribution is -2.09. The molecule has 2 aromatic rings. The highest BCUT2D eigenvalue weighted by Crippen LogP contribution is 2.24. The summed E-state index contributed by atoms with van der Waals surface area (Å²) in [4.78, 5) is 4.47. The lowest BCUT2D eigenvalue weighted by molar-refractivity contribution is 1.11. The summed E-state index contributed by atoms with van der Waals surface area (Å²) in [7, 11) is 0. The van der Waals surface area contributed by atoms with E-state index in [0.717, 1.165) is 27.8 Å². The van der Waals surface area contributed by atoms with E-state index < -0.39 is 0 Å². The van der Waals surface area contributed by atoms with E-state index in [0.29, 0.717) is 4.99 Å². The molecule has 3 nitrogen and oxygen atoms in total. The lowest BCUT2D eigenvalue weighted by Gasteiger charge is -2.09. The first-order valence-electron chi connectivity index (χ1n) is 5.39. The Kier molecular flexibility index (Phi) is 4.28. The number of pyridine rings is 1. The van der Waals surface area contributed by atoms with Crippen LogP contribution < -0.4 is 11.1 Å². The van der Waals surface area contributed by atoms with Gasteiger partial charge in [-0.3, -0.25) is 4.98 Å². The van der Waals surface area contributed by atoms with E-state index in [-0.39, 0.29) is 0 Å². The van der Waals surface area contributed by atoms with Crippen LogP contribution in [-0.4, -0.2) is 9.97 Å². The second-order valence-electron chi connectivity index (χ2n) is 3.77. The minimum atomic E-state index is 0.398. The quantitative estimate of drug-likeness (QED) is 0.850. The summed E-state index contributed by atoms with van der Waals surface area (Å²) in [5, 5.41) is 3.32. The number of aromatic nitrogens is 1. The van der Waals surface area contributed by atoms with Gasteiger partial charge in [0.05, 0.1) is 0 Å². The fourth-order valence-electron chi connectivity index (χ4n) is 1.51. The second-order valence-corrected chi connectivity index (χ2v) is 5.07. The Bertz CT molecular complexity index is 557. The average molecular weight is 322 g/mol. The Morgan fingerprint density at radius 1 is 1.39 bits per heavy atom. The molecular weight excluding hydrogens is 310 g/mol. The standard InChI is InChI=1S/C13H12BrN3S/c14-11-6-10(13(15)18)3-4-12(11)17-8-9-2-1-5-16-7-9/h1-7,17H,8H2,(H2,15,18). The van der Waals surface area contributed by atoms with Gasteiger partial charge in [-0.1, -0.05) is 18.3 Å². The molecule has 0 spiro atoms. The van der Waals surface area contributed by atoms with Crippen molar-refractivity contribution in [2.45, 2.75) is 6.54 Å². The molecule has 5 heteroatoms. The topological polar surface area (TPSA) is 50.9 Å². The van der Waals surface area contributed by atoms with Crippen LogP contribution in [0.1, 0.15) is 11.1 Å². The summed E-state index contributed by atoms with van der Waals surface area (Å²) < 4.78 is 0.941. The summed E-state index contributed by atoms with van der Waals surface area (Å²) in [6, 6.07) is 9.71. The third kappa shape index (κ3) is 3.27. The van der Waals surface area contributed by atoms with Gasteiger partial charge in [0.1, 0.15) is 4.99 Å². The van der Waals surface area contributed by atoms with Crippen LogP contribution >= 0.6 is 28.1 Å². The van der Waals surface area contributed by atoms with Crippen molar-refractivity contribution >= 4 is 38.8 Å². The Morgan fingerprint density at radius 2 is 2.22 bits per heavy atom. The van der Waals surface area contributed by atoms with Crippen molar-refractivity contribution in [1.29, 1.82) is 0 Å². The van der Waals surface area contributed by atoms with Gasteiger partial charge in [0.25, 0.3) is 0 Å². The van der Waals surface area contributed by atoms with Gasteiger partial charge in [0.2, 0.25) is 0 Å². The molecule has 2 rings (SSSR count). The van der Waals surface area contributed by atoms with Crippen LogP contribution in [0.25, 0.3) is 0 Å². The molecule has 1 heterocycles. The maximum Gasteiger partial charge on any atom is 0.104 e. The summed E-state index contributed by atoms with van der Waals surface area (Å²) >= 11 is 8.43. The van der Waals surface area contributed by atoms with Crippen LogP contribution in [0.4, 0.5) is 5.69 Å². The zero-order valence-electron chi connectivity index (χ0n) is 9.56. The highest BCUT2D eigenvalue weighted by atomic mass is 79.9. The molecule has 0 saturated carbocycles. The first-order chi connectivity index (χ1) is 8.66. The predicted octanol–water partition coefficient (Wildman–Crippen LogP) is 3.09. The fourth-order valence-corrected chi connectivity index (χ4v) is 2.16. The SMILES string of the molecule is NC(=S)c1ccc(NCc2cccnc2)c(Br)c1. The van der Waals surface area contributed by atoms with Gasteiger partial charge < -0.3 is 11.1 Å². The molecule has 0 aliphatic carbocycles. The fraction of sp³-hybridized carbons (Fsp3) is 0.0769. The molecule has 0 bridgehead atoms. The molecule has 3 N–H and O–H groups in total. The summed E-state index contributed by atoms with van der Waals surface area (Å²) in [5.74, 6) is 0. The van der Waals surface area contributed by atoms with Crippen LogP contribution in [0.15, 0.2) is 47.2 Å². The second kappa shape index (κ2) is 5.93. The van der Waals surface area contributed by atoms with Crippen LogP contribution in [-0.2, 0) is 6.54 Å². The minimum Gasteiger partial charge on any atom is -0.389 e. The van der Waals surface area contributed by atoms with E-state index >= 15 is 0 Å². The summed E-state index contributed by atoms with van der Waals surface area (Å²) in [6.45, 7) is 0.721. The van der Waals surface area contributed by atoms with Crippen LogP contribution in [0.5, 0.6) is 0 Å². The monoisotopic (exact) mass is 321 g/mol.